The zero-order chi connectivity index (χ0) is 8.55. The van der Waals surface area contributed by atoms with E-state index in [0.29, 0.717) is 0 Å². The van der Waals surface area contributed by atoms with E-state index in [1.54, 1.807) is 0 Å². The third kappa shape index (κ3) is 1.14. The van der Waals surface area contributed by atoms with E-state index in [0.717, 1.165) is 30.5 Å². The van der Waals surface area contributed by atoms with Crippen LogP contribution in [-0.4, -0.2) is 16.6 Å². The van der Waals surface area contributed by atoms with Gasteiger partial charge in [0.05, 0.1) is 6.67 Å². The molecular formula is C8H12N4. The maximum atomic E-state index is 4.31. The fraction of sp³-hybridized carbons (Fsp3) is 0.500. The van der Waals surface area contributed by atoms with Gasteiger partial charge in [-0.15, -0.1) is 0 Å². The Labute approximate surface area is 71.4 Å². The summed E-state index contributed by atoms with van der Waals surface area (Å²) in [6.07, 6.45) is 0. The second-order valence-corrected chi connectivity index (χ2v) is 2.96. The van der Waals surface area contributed by atoms with Gasteiger partial charge in [0.2, 0.25) is 0 Å². The van der Waals surface area contributed by atoms with Gasteiger partial charge in [0.15, 0.2) is 0 Å². The Kier molecular flexibility index (Phi) is 1.69. The minimum Gasteiger partial charge on any atom is -0.357 e. The number of aryl methyl sites for hydroxylation is 2. The molecule has 0 bridgehead atoms. The third-order valence-corrected chi connectivity index (χ3v) is 2.01. The van der Waals surface area contributed by atoms with Crippen LogP contribution in [0.15, 0.2) is 0 Å². The van der Waals surface area contributed by atoms with Gasteiger partial charge in [0.1, 0.15) is 11.6 Å². The van der Waals surface area contributed by atoms with Crippen molar-refractivity contribution in [2.75, 3.05) is 12.0 Å². The predicted molar refractivity (Wildman–Crippen MR) is 46.8 cm³/mol. The molecule has 0 aromatic carbocycles. The number of rotatable bonds is 0. The van der Waals surface area contributed by atoms with Gasteiger partial charge < -0.3 is 5.32 Å². The van der Waals surface area contributed by atoms with Crippen molar-refractivity contribution in [3.63, 3.8) is 0 Å². The van der Waals surface area contributed by atoms with E-state index in [4.69, 9.17) is 0 Å². The molecule has 0 saturated carbocycles. The van der Waals surface area contributed by atoms with Crippen molar-refractivity contribution >= 4 is 5.82 Å². The molecule has 2 heterocycles. The Morgan fingerprint density at radius 3 is 2.92 bits per heavy atom. The molecule has 2 N–H and O–H groups in total. The molecule has 0 fully saturated rings. The molecule has 64 valence electrons. The molecular weight excluding hydrogens is 152 g/mol. The van der Waals surface area contributed by atoms with Crippen LogP contribution in [0, 0.1) is 13.8 Å². The van der Waals surface area contributed by atoms with Crippen molar-refractivity contribution < 1.29 is 0 Å². The van der Waals surface area contributed by atoms with Crippen LogP contribution in [0.4, 0.5) is 5.82 Å². The number of aromatic nitrogens is 2. The summed E-state index contributed by atoms with van der Waals surface area (Å²) in [4.78, 5) is 8.61. The topological polar surface area (TPSA) is 49.8 Å². The molecule has 12 heavy (non-hydrogen) atoms. The summed E-state index contributed by atoms with van der Waals surface area (Å²) in [5.41, 5.74) is 2.25. The van der Waals surface area contributed by atoms with Gasteiger partial charge in [0, 0.05) is 17.8 Å². The number of fused-ring (bicyclic) bond motifs is 1. The Morgan fingerprint density at radius 2 is 2.08 bits per heavy atom. The first-order chi connectivity index (χ1) is 5.77. The average Bonchev–Trinajstić information content (AvgIpc) is 2.04. The van der Waals surface area contributed by atoms with Crippen molar-refractivity contribution in [2.45, 2.75) is 20.4 Å². The molecule has 4 heteroatoms. The lowest BCUT2D eigenvalue weighted by atomic mass is 10.2. The molecule has 2 rings (SSSR count). The van der Waals surface area contributed by atoms with Crippen LogP contribution in [0.5, 0.6) is 0 Å². The summed E-state index contributed by atoms with van der Waals surface area (Å²) in [7, 11) is 0. The van der Waals surface area contributed by atoms with Crippen LogP contribution in [0.2, 0.25) is 0 Å². The van der Waals surface area contributed by atoms with Gasteiger partial charge in [-0.3, -0.25) is 5.32 Å². The van der Waals surface area contributed by atoms with Crippen molar-refractivity contribution in [2.24, 2.45) is 0 Å². The highest BCUT2D eigenvalue weighted by Crippen LogP contribution is 2.17. The smallest absolute Gasteiger partial charge is 0.135 e. The fourth-order valence-corrected chi connectivity index (χ4v) is 1.43. The molecule has 0 amide bonds. The zero-order valence-corrected chi connectivity index (χ0v) is 7.31. The van der Waals surface area contributed by atoms with Gasteiger partial charge in [-0.2, -0.15) is 0 Å². The zero-order valence-electron chi connectivity index (χ0n) is 7.31. The number of nitrogens with one attached hydrogen (secondary N) is 2. The molecule has 0 aliphatic carbocycles. The Hall–Kier alpha value is -1.16. The normalized spacial score (nSPS) is 15.2. The fourth-order valence-electron chi connectivity index (χ4n) is 1.43. The predicted octanol–water partition coefficient (Wildman–Crippen LogP) is 0.566. The van der Waals surface area contributed by atoms with E-state index in [1.807, 2.05) is 13.8 Å². The van der Waals surface area contributed by atoms with E-state index in [1.165, 1.54) is 5.56 Å². The van der Waals surface area contributed by atoms with Gasteiger partial charge in [-0.25, -0.2) is 9.97 Å². The quantitative estimate of drug-likeness (QED) is 0.588. The Balaban J connectivity index is 2.53. The highest BCUT2D eigenvalue weighted by molar-refractivity contribution is 5.47. The Bertz CT molecular complexity index is 308. The summed E-state index contributed by atoms with van der Waals surface area (Å²) in [5, 5.41) is 6.39. The maximum absolute atomic E-state index is 4.31. The van der Waals surface area contributed by atoms with Crippen molar-refractivity contribution in [1.82, 2.24) is 15.3 Å². The molecule has 1 aliphatic rings. The minimum atomic E-state index is 0.795. The summed E-state index contributed by atoms with van der Waals surface area (Å²) >= 11 is 0. The largest absolute Gasteiger partial charge is 0.357 e. The van der Waals surface area contributed by atoms with Gasteiger partial charge in [-0.05, 0) is 13.8 Å². The van der Waals surface area contributed by atoms with Crippen LogP contribution < -0.4 is 10.6 Å². The van der Waals surface area contributed by atoms with E-state index in [-0.39, 0.29) is 0 Å². The van der Waals surface area contributed by atoms with Crippen LogP contribution >= 0.6 is 0 Å². The van der Waals surface area contributed by atoms with Crippen LogP contribution in [0.25, 0.3) is 0 Å². The summed E-state index contributed by atoms with van der Waals surface area (Å²) in [6.45, 7) is 5.59. The Morgan fingerprint density at radius 1 is 1.25 bits per heavy atom. The summed E-state index contributed by atoms with van der Waals surface area (Å²) < 4.78 is 0. The monoisotopic (exact) mass is 164 g/mol. The molecule has 0 spiro atoms. The van der Waals surface area contributed by atoms with Crippen molar-refractivity contribution in [1.29, 1.82) is 0 Å². The van der Waals surface area contributed by atoms with Crippen LogP contribution in [-0.2, 0) is 6.54 Å². The first-order valence-electron chi connectivity index (χ1n) is 4.06. The minimum absolute atomic E-state index is 0.795. The molecule has 0 saturated heterocycles. The van der Waals surface area contributed by atoms with E-state index >= 15 is 0 Å². The maximum Gasteiger partial charge on any atom is 0.135 e. The lowest BCUT2D eigenvalue weighted by Gasteiger charge is -2.19. The molecule has 4 nitrogen and oxygen atoms in total. The number of nitrogens with zero attached hydrogens (tertiary/aromatic N) is 2. The molecule has 1 aromatic rings. The highest BCUT2D eigenvalue weighted by Gasteiger charge is 2.12. The van der Waals surface area contributed by atoms with Gasteiger partial charge >= 0.3 is 0 Å². The molecule has 0 unspecified atom stereocenters. The lowest BCUT2D eigenvalue weighted by molar-refractivity contribution is 0.688. The van der Waals surface area contributed by atoms with E-state index in [2.05, 4.69) is 20.6 Å². The number of hydrogen-bond acceptors (Lipinski definition) is 4. The average molecular weight is 164 g/mol. The van der Waals surface area contributed by atoms with Gasteiger partial charge in [-0.1, -0.05) is 0 Å². The summed E-state index contributed by atoms with van der Waals surface area (Å²) in [6, 6.07) is 0. The van der Waals surface area contributed by atoms with Crippen LogP contribution in [0.3, 0.4) is 0 Å². The first kappa shape index (κ1) is 7.49. The number of anilines is 1. The molecule has 0 radical (unpaired) electrons. The van der Waals surface area contributed by atoms with Crippen molar-refractivity contribution in [3.05, 3.63) is 17.1 Å². The lowest BCUT2D eigenvalue weighted by Crippen LogP contribution is -2.29. The van der Waals surface area contributed by atoms with E-state index in [9.17, 15) is 0 Å². The first-order valence-corrected chi connectivity index (χ1v) is 4.06. The third-order valence-electron chi connectivity index (χ3n) is 2.01. The molecule has 0 atom stereocenters. The second kappa shape index (κ2) is 2.71. The molecule has 1 aliphatic heterocycles. The SMILES string of the molecule is Cc1nc(C)c2c(n1)NCNC2. The number of hydrogen-bond donors (Lipinski definition) is 2. The van der Waals surface area contributed by atoms with Crippen LogP contribution in [0.1, 0.15) is 17.1 Å². The molecule has 1 aromatic heterocycles. The standard InChI is InChI=1S/C8H12N4/c1-5-7-3-9-4-10-8(7)12-6(2)11-5/h9H,3-4H2,1-2H3,(H,10,11,12). The highest BCUT2D eigenvalue weighted by atomic mass is 15.1. The van der Waals surface area contributed by atoms with Crippen molar-refractivity contribution in [3.8, 4) is 0 Å². The summed E-state index contributed by atoms with van der Waals surface area (Å²) in [5.74, 6) is 1.82. The second-order valence-electron chi connectivity index (χ2n) is 2.96. The van der Waals surface area contributed by atoms with E-state index < -0.39 is 0 Å². The van der Waals surface area contributed by atoms with Gasteiger partial charge in [0.25, 0.3) is 0 Å².